The molecule has 0 saturated carbocycles. The molecule has 0 atom stereocenters. The first-order chi connectivity index (χ1) is 8.29. The summed E-state index contributed by atoms with van der Waals surface area (Å²) in [6.45, 7) is 0.213. The molecule has 0 saturated heterocycles. The second-order valence-corrected chi connectivity index (χ2v) is 3.19. The maximum atomic E-state index is 11.7. The molecule has 0 bridgehead atoms. The van der Waals surface area contributed by atoms with Crippen molar-refractivity contribution in [2.75, 3.05) is 12.4 Å². The first-order valence-electron chi connectivity index (χ1n) is 4.94. The molecule has 2 aromatic heterocycles. The summed E-state index contributed by atoms with van der Waals surface area (Å²) in [6, 6.07) is 3.41. The number of carbonyl (C=O) groups excluding carboxylic acids is 1. The molecule has 88 valence electrons. The van der Waals surface area contributed by atoms with Crippen LogP contribution in [0, 0.1) is 0 Å². The molecule has 0 radical (unpaired) electrons. The molecule has 2 aromatic rings. The topological polar surface area (TPSA) is 108 Å². The van der Waals surface area contributed by atoms with E-state index in [1.165, 1.54) is 0 Å². The summed E-state index contributed by atoms with van der Waals surface area (Å²) < 4.78 is 0. The summed E-state index contributed by atoms with van der Waals surface area (Å²) in [5.74, 6) is 0.141. The molecule has 3 N–H and O–H groups in total. The number of nitrogens with one attached hydrogen (secondary N) is 3. The number of hydrogen-bond donors (Lipinski definition) is 3. The van der Waals surface area contributed by atoms with Gasteiger partial charge in [-0.3, -0.25) is 4.79 Å². The fourth-order valence-electron chi connectivity index (χ4n) is 1.18. The number of aromatic nitrogens is 5. The van der Waals surface area contributed by atoms with Crippen LogP contribution in [0.5, 0.6) is 0 Å². The summed E-state index contributed by atoms with van der Waals surface area (Å²) in [7, 11) is 1.78. The van der Waals surface area contributed by atoms with Gasteiger partial charge in [-0.05, 0) is 12.1 Å². The minimum absolute atomic E-state index is 0.213. The van der Waals surface area contributed by atoms with Crippen molar-refractivity contribution >= 4 is 11.6 Å². The van der Waals surface area contributed by atoms with E-state index in [0.29, 0.717) is 11.5 Å². The molecule has 2 heterocycles. The zero-order chi connectivity index (χ0) is 12.1. The van der Waals surface area contributed by atoms with E-state index in [-0.39, 0.29) is 12.5 Å². The molecule has 0 aromatic carbocycles. The molecule has 2 rings (SSSR count). The Morgan fingerprint density at radius 1 is 1.47 bits per heavy atom. The number of hydrogen-bond acceptors (Lipinski definition) is 6. The maximum absolute atomic E-state index is 11.7. The van der Waals surface area contributed by atoms with Crippen LogP contribution in [0.4, 0.5) is 5.69 Å². The third-order valence-corrected chi connectivity index (χ3v) is 2.08. The van der Waals surface area contributed by atoms with Gasteiger partial charge in [-0.15, -0.1) is 10.2 Å². The third-order valence-electron chi connectivity index (χ3n) is 2.08. The number of carbonyl (C=O) groups is 1. The normalized spacial score (nSPS) is 9.94. The maximum Gasteiger partial charge on any atom is 0.270 e. The van der Waals surface area contributed by atoms with Gasteiger partial charge < -0.3 is 10.6 Å². The molecule has 8 heteroatoms. The third kappa shape index (κ3) is 2.74. The zero-order valence-electron chi connectivity index (χ0n) is 9.14. The van der Waals surface area contributed by atoms with Crippen molar-refractivity contribution in [1.82, 2.24) is 30.9 Å². The average Bonchev–Trinajstić information content (AvgIpc) is 2.89. The Morgan fingerprint density at radius 2 is 2.35 bits per heavy atom. The van der Waals surface area contributed by atoms with E-state index >= 15 is 0 Å². The van der Waals surface area contributed by atoms with E-state index in [4.69, 9.17) is 0 Å². The lowest BCUT2D eigenvalue weighted by Crippen LogP contribution is -2.24. The predicted octanol–water partition coefficient (Wildman–Crippen LogP) is -0.434. The number of aromatic amines is 1. The van der Waals surface area contributed by atoms with Gasteiger partial charge in [0.05, 0.1) is 18.4 Å². The van der Waals surface area contributed by atoms with Crippen molar-refractivity contribution in [1.29, 1.82) is 0 Å². The van der Waals surface area contributed by atoms with Crippen LogP contribution in [-0.4, -0.2) is 38.6 Å². The van der Waals surface area contributed by atoms with Crippen LogP contribution in [0.25, 0.3) is 0 Å². The van der Waals surface area contributed by atoms with E-state index in [1.807, 2.05) is 0 Å². The Labute approximate surface area is 96.8 Å². The molecule has 8 nitrogen and oxygen atoms in total. The molecule has 0 fully saturated rings. The number of tetrazole rings is 1. The lowest BCUT2D eigenvalue weighted by molar-refractivity contribution is 0.0945. The first-order valence-corrected chi connectivity index (χ1v) is 4.94. The van der Waals surface area contributed by atoms with Gasteiger partial charge in [-0.2, -0.15) is 5.21 Å². The highest BCUT2D eigenvalue weighted by Gasteiger charge is 2.07. The van der Waals surface area contributed by atoms with Gasteiger partial charge in [0.25, 0.3) is 5.91 Å². The van der Waals surface area contributed by atoms with Crippen LogP contribution in [-0.2, 0) is 6.54 Å². The first kappa shape index (κ1) is 11.0. The van der Waals surface area contributed by atoms with Crippen LogP contribution >= 0.6 is 0 Å². The summed E-state index contributed by atoms with van der Waals surface area (Å²) >= 11 is 0. The van der Waals surface area contributed by atoms with Crippen molar-refractivity contribution in [2.24, 2.45) is 0 Å². The van der Waals surface area contributed by atoms with Crippen LogP contribution in [0.2, 0.25) is 0 Å². The van der Waals surface area contributed by atoms with E-state index in [9.17, 15) is 4.79 Å². The van der Waals surface area contributed by atoms with Crippen LogP contribution in [0.3, 0.4) is 0 Å². The molecule has 0 spiro atoms. The number of amides is 1. The van der Waals surface area contributed by atoms with Crippen molar-refractivity contribution in [3.63, 3.8) is 0 Å². The molecule has 1 amide bonds. The van der Waals surface area contributed by atoms with E-state index in [1.54, 1.807) is 25.4 Å². The second-order valence-electron chi connectivity index (χ2n) is 3.19. The summed E-state index contributed by atoms with van der Waals surface area (Å²) in [5, 5.41) is 18.7. The fourth-order valence-corrected chi connectivity index (χ4v) is 1.18. The van der Waals surface area contributed by atoms with Crippen LogP contribution in [0.1, 0.15) is 16.3 Å². The minimum atomic E-state index is -0.280. The Morgan fingerprint density at radius 3 is 2.94 bits per heavy atom. The van der Waals surface area contributed by atoms with Gasteiger partial charge in [-0.25, -0.2) is 4.98 Å². The molecule has 0 aliphatic rings. The number of nitrogens with zero attached hydrogens (tertiary/aromatic N) is 4. The molecule has 0 aliphatic carbocycles. The SMILES string of the molecule is CNc1ccc(C(=O)NCc2nn[nH]n2)nc1. The Balaban J connectivity index is 1.95. The highest BCUT2D eigenvalue weighted by Crippen LogP contribution is 2.04. The summed E-state index contributed by atoms with van der Waals surface area (Å²) in [5.41, 5.74) is 1.19. The smallest absolute Gasteiger partial charge is 0.270 e. The lowest BCUT2D eigenvalue weighted by Gasteiger charge is -2.03. The van der Waals surface area contributed by atoms with Gasteiger partial charge in [0.1, 0.15) is 5.69 Å². The van der Waals surface area contributed by atoms with Crippen LogP contribution in [0.15, 0.2) is 18.3 Å². The largest absolute Gasteiger partial charge is 0.387 e. The number of pyridine rings is 1. The Bertz CT molecular complexity index is 479. The summed E-state index contributed by atoms with van der Waals surface area (Å²) in [4.78, 5) is 15.7. The second kappa shape index (κ2) is 5.01. The fraction of sp³-hybridized carbons (Fsp3) is 0.222. The molecule has 17 heavy (non-hydrogen) atoms. The molecular formula is C9H11N7O. The summed E-state index contributed by atoms with van der Waals surface area (Å²) in [6.07, 6.45) is 1.59. The van der Waals surface area contributed by atoms with Crippen LogP contribution < -0.4 is 10.6 Å². The van der Waals surface area contributed by atoms with E-state index in [0.717, 1.165) is 5.69 Å². The molecule has 0 aliphatic heterocycles. The average molecular weight is 233 g/mol. The highest BCUT2D eigenvalue weighted by molar-refractivity contribution is 5.92. The predicted molar refractivity (Wildman–Crippen MR) is 59.1 cm³/mol. The lowest BCUT2D eigenvalue weighted by atomic mass is 10.3. The van der Waals surface area contributed by atoms with Crippen molar-refractivity contribution in [3.05, 3.63) is 29.8 Å². The van der Waals surface area contributed by atoms with Crippen molar-refractivity contribution in [3.8, 4) is 0 Å². The highest BCUT2D eigenvalue weighted by atomic mass is 16.1. The van der Waals surface area contributed by atoms with Gasteiger partial charge in [0.2, 0.25) is 0 Å². The van der Waals surface area contributed by atoms with Crippen molar-refractivity contribution in [2.45, 2.75) is 6.54 Å². The van der Waals surface area contributed by atoms with E-state index < -0.39 is 0 Å². The Hall–Kier alpha value is -2.51. The Kier molecular flexibility index (Phi) is 3.24. The minimum Gasteiger partial charge on any atom is -0.387 e. The van der Waals surface area contributed by atoms with Gasteiger partial charge >= 0.3 is 0 Å². The number of rotatable bonds is 4. The molecular weight excluding hydrogens is 222 g/mol. The molecule has 0 unspecified atom stereocenters. The van der Waals surface area contributed by atoms with Gasteiger partial charge in [0.15, 0.2) is 5.82 Å². The zero-order valence-corrected chi connectivity index (χ0v) is 9.14. The van der Waals surface area contributed by atoms with Crippen molar-refractivity contribution < 1.29 is 4.79 Å². The standard InChI is InChI=1S/C9H11N7O/c1-10-6-2-3-7(11-4-6)9(17)12-5-8-13-15-16-14-8/h2-4,10H,5H2,1H3,(H,12,17)(H,13,14,15,16). The van der Waals surface area contributed by atoms with Gasteiger partial charge in [-0.1, -0.05) is 5.21 Å². The monoisotopic (exact) mass is 233 g/mol. The quantitative estimate of drug-likeness (QED) is 0.661. The number of H-pyrrole nitrogens is 1. The van der Waals surface area contributed by atoms with Gasteiger partial charge in [0, 0.05) is 7.05 Å². The number of anilines is 1. The van der Waals surface area contributed by atoms with E-state index in [2.05, 4.69) is 36.2 Å².